The highest BCUT2D eigenvalue weighted by molar-refractivity contribution is 5.20. The minimum atomic E-state index is -1.06. The summed E-state index contributed by atoms with van der Waals surface area (Å²) < 4.78 is 25.8. The number of hydrogen-bond acceptors (Lipinski definition) is 4. The number of rotatable bonds is 7. The SMILES string of the molecule is CCC(CO)(CO)NCC(O)c1ccc(F)c(F)c1. The third kappa shape index (κ3) is 3.94. The molecule has 108 valence electrons. The van der Waals surface area contributed by atoms with Crippen LogP contribution in [0.1, 0.15) is 25.0 Å². The Hall–Kier alpha value is -1.08. The maximum Gasteiger partial charge on any atom is 0.159 e. The van der Waals surface area contributed by atoms with Crippen molar-refractivity contribution in [2.75, 3.05) is 19.8 Å². The van der Waals surface area contributed by atoms with Crippen LogP contribution in [0.2, 0.25) is 0 Å². The summed E-state index contributed by atoms with van der Waals surface area (Å²) in [6.07, 6.45) is -0.594. The fraction of sp³-hybridized carbons (Fsp3) is 0.538. The third-order valence-corrected chi connectivity index (χ3v) is 3.28. The van der Waals surface area contributed by atoms with Crippen molar-refractivity contribution in [3.8, 4) is 0 Å². The van der Waals surface area contributed by atoms with E-state index >= 15 is 0 Å². The molecular weight excluding hydrogens is 256 g/mol. The fourth-order valence-electron chi connectivity index (χ4n) is 1.66. The summed E-state index contributed by atoms with van der Waals surface area (Å²) in [6, 6.07) is 3.16. The zero-order valence-corrected chi connectivity index (χ0v) is 10.7. The molecule has 4 N–H and O–H groups in total. The van der Waals surface area contributed by atoms with Gasteiger partial charge in [-0.25, -0.2) is 8.78 Å². The molecule has 1 unspecified atom stereocenters. The van der Waals surface area contributed by atoms with Gasteiger partial charge in [0.2, 0.25) is 0 Å². The standard InChI is InChI=1S/C13H19F2NO3/c1-2-13(7-17,8-18)16-6-12(19)9-3-4-10(14)11(15)5-9/h3-5,12,16-19H,2,6-8H2,1H3. The van der Waals surface area contributed by atoms with Gasteiger partial charge in [-0.3, -0.25) is 0 Å². The van der Waals surface area contributed by atoms with Crippen molar-refractivity contribution in [3.63, 3.8) is 0 Å². The van der Waals surface area contributed by atoms with Crippen LogP contribution in [0.4, 0.5) is 8.78 Å². The molecule has 0 aliphatic heterocycles. The van der Waals surface area contributed by atoms with Crippen LogP contribution >= 0.6 is 0 Å². The number of halogens is 2. The van der Waals surface area contributed by atoms with Crippen LogP contribution in [0, 0.1) is 11.6 Å². The molecule has 0 fully saturated rings. The third-order valence-electron chi connectivity index (χ3n) is 3.28. The van der Waals surface area contributed by atoms with Gasteiger partial charge in [-0.1, -0.05) is 13.0 Å². The molecule has 0 aromatic heterocycles. The summed E-state index contributed by atoms with van der Waals surface area (Å²) in [5, 5.41) is 31.2. The van der Waals surface area contributed by atoms with Crippen LogP contribution in [0.5, 0.6) is 0 Å². The maximum atomic E-state index is 13.0. The van der Waals surface area contributed by atoms with Gasteiger partial charge in [0, 0.05) is 6.54 Å². The second-order valence-corrected chi connectivity index (χ2v) is 4.52. The number of β-amino-alcohol motifs (C(OH)–C–C–N with tert-alkyl or cyclic N) is 1. The Balaban J connectivity index is 2.69. The van der Waals surface area contributed by atoms with Crippen LogP contribution in [-0.4, -0.2) is 40.6 Å². The molecule has 0 bridgehead atoms. The van der Waals surface area contributed by atoms with E-state index < -0.39 is 23.3 Å². The van der Waals surface area contributed by atoms with E-state index in [0.29, 0.717) is 6.42 Å². The summed E-state index contributed by atoms with van der Waals surface area (Å²) in [7, 11) is 0. The summed E-state index contributed by atoms with van der Waals surface area (Å²) in [5.41, 5.74) is -0.660. The van der Waals surface area contributed by atoms with Crippen LogP contribution < -0.4 is 5.32 Å². The van der Waals surface area contributed by atoms with E-state index in [1.807, 2.05) is 0 Å². The first-order chi connectivity index (χ1) is 8.98. The molecule has 4 nitrogen and oxygen atoms in total. The molecule has 0 heterocycles. The van der Waals surface area contributed by atoms with Gasteiger partial charge in [-0.2, -0.15) is 0 Å². The van der Waals surface area contributed by atoms with Gasteiger partial charge in [-0.15, -0.1) is 0 Å². The van der Waals surface area contributed by atoms with Gasteiger partial charge in [0.1, 0.15) is 0 Å². The van der Waals surface area contributed by atoms with Crippen LogP contribution in [0.3, 0.4) is 0 Å². The summed E-state index contributed by atoms with van der Waals surface area (Å²) in [6.45, 7) is 1.22. The quantitative estimate of drug-likeness (QED) is 0.592. The molecule has 1 aromatic rings. The van der Waals surface area contributed by atoms with E-state index in [4.69, 9.17) is 0 Å². The Morgan fingerprint density at radius 1 is 1.21 bits per heavy atom. The lowest BCUT2D eigenvalue weighted by Crippen LogP contribution is -2.52. The Kier molecular flexibility index (Phi) is 5.81. The molecule has 6 heteroatoms. The highest BCUT2D eigenvalue weighted by Crippen LogP contribution is 2.17. The summed E-state index contributed by atoms with van der Waals surface area (Å²) in [4.78, 5) is 0. The number of hydrogen-bond donors (Lipinski definition) is 4. The Morgan fingerprint density at radius 3 is 2.32 bits per heavy atom. The molecular formula is C13H19F2NO3. The lowest BCUT2D eigenvalue weighted by molar-refractivity contribution is 0.0706. The Labute approximate surface area is 110 Å². The fourth-order valence-corrected chi connectivity index (χ4v) is 1.66. The lowest BCUT2D eigenvalue weighted by atomic mass is 9.97. The molecule has 1 atom stereocenters. The van der Waals surface area contributed by atoms with Crippen molar-refractivity contribution in [1.29, 1.82) is 0 Å². The molecule has 0 saturated carbocycles. The zero-order chi connectivity index (χ0) is 14.5. The second kappa shape index (κ2) is 6.91. The van der Waals surface area contributed by atoms with Gasteiger partial charge in [0.05, 0.1) is 24.9 Å². The normalized spacial score (nSPS) is 13.6. The van der Waals surface area contributed by atoms with E-state index in [9.17, 15) is 24.1 Å². The molecule has 0 saturated heterocycles. The number of aliphatic hydroxyl groups is 3. The van der Waals surface area contributed by atoms with E-state index in [2.05, 4.69) is 5.32 Å². The van der Waals surface area contributed by atoms with Crippen LogP contribution in [0.25, 0.3) is 0 Å². The largest absolute Gasteiger partial charge is 0.394 e. The van der Waals surface area contributed by atoms with Gasteiger partial charge in [0.25, 0.3) is 0 Å². The minimum Gasteiger partial charge on any atom is -0.394 e. The molecule has 0 amide bonds. The monoisotopic (exact) mass is 275 g/mol. The number of benzene rings is 1. The second-order valence-electron chi connectivity index (χ2n) is 4.52. The van der Waals surface area contributed by atoms with Gasteiger partial charge < -0.3 is 20.6 Å². The molecule has 0 radical (unpaired) electrons. The van der Waals surface area contributed by atoms with E-state index in [1.165, 1.54) is 6.07 Å². The minimum absolute atomic E-state index is 0.0139. The first kappa shape index (κ1) is 16.0. The highest BCUT2D eigenvalue weighted by atomic mass is 19.2. The Morgan fingerprint density at radius 2 is 1.84 bits per heavy atom. The molecule has 19 heavy (non-hydrogen) atoms. The van der Waals surface area contributed by atoms with Crippen LogP contribution in [0.15, 0.2) is 18.2 Å². The highest BCUT2D eigenvalue weighted by Gasteiger charge is 2.26. The average molecular weight is 275 g/mol. The topological polar surface area (TPSA) is 72.7 Å². The van der Waals surface area contributed by atoms with Crippen molar-refractivity contribution in [1.82, 2.24) is 5.32 Å². The van der Waals surface area contributed by atoms with Crippen molar-refractivity contribution < 1.29 is 24.1 Å². The molecule has 1 aromatic carbocycles. The smallest absolute Gasteiger partial charge is 0.159 e. The van der Waals surface area contributed by atoms with Crippen molar-refractivity contribution in [2.24, 2.45) is 0 Å². The molecule has 0 aliphatic rings. The zero-order valence-electron chi connectivity index (χ0n) is 10.7. The molecule has 1 rings (SSSR count). The van der Waals surface area contributed by atoms with Crippen molar-refractivity contribution in [3.05, 3.63) is 35.4 Å². The van der Waals surface area contributed by atoms with Crippen LogP contribution in [-0.2, 0) is 0 Å². The molecule has 0 aliphatic carbocycles. The van der Waals surface area contributed by atoms with Gasteiger partial charge in [0.15, 0.2) is 11.6 Å². The Bertz CT molecular complexity index is 403. The predicted molar refractivity (Wildman–Crippen MR) is 66.5 cm³/mol. The van der Waals surface area contributed by atoms with Gasteiger partial charge >= 0.3 is 0 Å². The van der Waals surface area contributed by atoms with E-state index in [0.717, 1.165) is 12.1 Å². The average Bonchev–Trinajstić information content (AvgIpc) is 2.43. The van der Waals surface area contributed by atoms with E-state index in [-0.39, 0.29) is 25.3 Å². The summed E-state index contributed by atoms with van der Waals surface area (Å²) >= 11 is 0. The first-order valence-corrected chi connectivity index (χ1v) is 6.07. The van der Waals surface area contributed by atoms with E-state index in [1.54, 1.807) is 6.92 Å². The first-order valence-electron chi connectivity index (χ1n) is 6.07. The van der Waals surface area contributed by atoms with Crippen molar-refractivity contribution in [2.45, 2.75) is 25.0 Å². The number of aliphatic hydroxyl groups excluding tert-OH is 3. The maximum absolute atomic E-state index is 13.0. The predicted octanol–water partition coefficient (Wildman–Crippen LogP) is 0.721. The lowest BCUT2D eigenvalue weighted by Gasteiger charge is -2.31. The molecule has 0 spiro atoms. The van der Waals surface area contributed by atoms with Crippen molar-refractivity contribution >= 4 is 0 Å². The van der Waals surface area contributed by atoms with Gasteiger partial charge in [-0.05, 0) is 24.1 Å². The summed E-state index contributed by atoms with van der Waals surface area (Å²) in [5.74, 6) is -2.00. The number of nitrogens with one attached hydrogen (secondary N) is 1.